The number of urea groups is 1. The first-order valence-corrected chi connectivity index (χ1v) is 7.58. The Bertz CT molecular complexity index is 417. The van der Waals surface area contributed by atoms with E-state index in [0.29, 0.717) is 0 Å². The van der Waals surface area contributed by atoms with Gasteiger partial charge in [0, 0.05) is 32.2 Å². The molecular formula is C16H25N3O. The maximum Gasteiger partial charge on any atom is 0.320 e. The first-order chi connectivity index (χ1) is 9.76. The monoisotopic (exact) mass is 275 g/mol. The van der Waals surface area contributed by atoms with Crippen LogP contribution in [0.25, 0.3) is 0 Å². The number of nitrogens with zero attached hydrogens (tertiary/aromatic N) is 2. The van der Waals surface area contributed by atoms with Gasteiger partial charge in [-0.15, -0.1) is 0 Å². The van der Waals surface area contributed by atoms with E-state index in [1.165, 1.54) is 5.56 Å². The van der Waals surface area contributed by atoms with Gasteiger partial charge in [0.05, 0.1) is 0 Å². The van der Waals surface area contributed by atoms with E-state index in [2.05, 4.69) is 29.6 Å². The predicted octanol–water partition coefficient (Wildman–Crippen LogP) is 2.48. The molecule has 1 aromatic rings. The SMILES string of the molecule is CCN(CC)C(=O)N1CCCNC(c2ccccc2)C1. The van der Waals surface area contributed by atoms with Crippen molar-refractivity contribution < 1.29 is 4.79 Å². The fourth-order valence-electron chi connectivity index (χ4n) is 2.70. The lowest BCUT2D eigenvalue weighted by Crippen LogP contribution is -2.45. The molecule has 1 aliphatic heterocycles. The maximum absolute atomic E-state index is 12.5. The number of carbonyl (C=O) groups is 1. The molecule has 0 aromatic heterocycles. The molecule has 0 bridgehead atoms. The Labute approximate surface area is 121 Å². The lowest BCUT2D eigenvalue weighted by atomic mass is 10.1. The van der Waals surface area contributed by atoms with E-state index in [9.17, 15) is 4.79 Å². The average molecular weight is 275 g/mol. The summed E-state index contributed by atoms with van der Waals surface area (Å²) in [4.78, 5) is 16.4. The summed E-state index contributed by atoms with van der Waals surface area (Å²) in [6.45, 7) is 8.16. The topological polar surface area (TPSA) is 35.6 Å². The van der Waals surface area contributed by atoms with E-state index < -0.39 is 0 Å². The van der Waals surface area contributed by atoms with Crippen molar-refractivity contribution in [3.05, 3.63) is 35.9 Å². The highest BCUT2D eigenvalue weighted by Gasteiger charge is 2.24. The van der Waals surface area contributed by atoms with Gasteiger partial charge in [0.25, 0.3) is 0 Å². The maximum atomic E-state index is 12.5. The van der Waals surface area contributed by atoms with Crippen molar-refractivity contribution in [1.82, 2.24) is 15.1 Å². The molecule has 4 nitrogen and oxygen atoms in total. The van der Waals surface area contributed by atoms with E-state index in [0.717, 1.165) is 39.1 Å². The quantitative estimate of drug-likeness (QED) is 0.920. The zero-order valence-corrected chi connectivity index (χ0v) is 12.5. The van der Waals surface area contributed by atoms with Gasteiger partial charge in [-0.2, -0.15) is 0 Å². The molecule has 1 aliphatic rings. The second-order valence-electron chi connectivity index (χ2n) is 5.17. The van der Waals surface area contributed by atoms with Crippen LogP contribution in [0.15, 0.2) is 30.3 Å². The van der Waals surface area contributed by atoms with Gasteiger partial charge in [-0.3, -0.25) is 0 Å². The summed E-state index contributed by atoms with van der Waals surface area (Å²) in [6.07, 6.45) is 1.01. The molecule has 110 valence electrons. The molecular weight excluding hydrogens is 250 g/mol. The summed E-state index contributed by atoms with van der Waals surface area (Å²) in [5.41, 5.74) is 1.26. The summed E-state index contributed by atoms with van der Waals surface area (Å²) in [5, 5.41) is 3.55. The highest BCUT2D eigenvalue weighted by Crippen LogP contribution is 2.17. The third-order valence-electron chi connectivity index (χ3n) is 3.90. The number of hydrogen-bond acceptors (Lipinski definition) is 2. The summed E-state index contributed by atoms with van der Waals surface area (Å²) < 4.78 is 0. The first kappa shape index (κ1) is 14.9. The summed E-state index contributed by atoms with van der Waals surface area (Å²) in [6, 6.07) is 10.8. The number of nitrogens with one attached hydrogen (secondary N) is 1. The van der Waals surface area contributed by atoms with Crippen molar-refractivity contribution in [2.75, 3.05) is 32.7 Å². The summed E-state index contributed by atoms with van der Waals surface area (Å²) >= 11 is 0. The van der Waals surface area contributed by atoms with Crippen molar-refractivity contribution in [3.8, 4) is 0 Å². The molecule has 1 atom stereocenters. The van der Waals surface area contributed by atoms with Crippen molar-refractivity contribution in [3.63, 3.8) is 0 Å². The third-order valence-corrected chi connectivity index (χ3v) is 3.90. The van der Waals surface area contributed by atoms with Crippen LogP contribution >= 0.6 is 0 Å². The smallest absolute Gasteiger partial charge is 0.320 e. The van der Waals surface area contributed by atoms with Gasteiger partial charge in [-0.25, -0.2) is 4.79 Å². The average Bonchev–Trinajstić information content (AvgIpc) is 2.75. The van der Waals surface area contributed by atoms with E-state index in [4.69, 9.17) is 0 Å². The van der Waals surface area contributed by atoms with E-state index in [1.807, 2.05) is 29.7 Å². The molecule has 2 amide bonds. The van der Waals surface area contributed by atoms with E-state index >= 15 is 0 Å². The Morgan fingerprint density at radius 1 is 1.30 bits per heavy atom. The standard InChI is InChI=1S/C16H25N3O/c1-3-18(4-2)16(20)19-12-8-11-17-15(13-19)14-9-6-5-7-10-14/h5-7,9-10,15,17H,3-4,8,11-13H2,1-2H3. The summed E-state index contributed by atoms with van der Waals surface area (Å²) in [7, 11) is 0. The van der Waals surface area contributed by atoms with Crippen LogP contribution in [0.4, 0.5) is 4.79 Å². The Hall–Kier alpha value is -1.55. The Kier molecular flexibility index (Phi) is 5.41. The van der Waals surface area contributed by atoms with E-state index in [1.54, 1.807) is 0 Å². The molecule has 2 rings (SSSR count). The molecule has 0 spiro atoms. The second kappa shape index (κ2) is 7.29. The Morgan fingerprint density at radius 2 is 2.00 bits per heavy atom. The number of carbonyl (C=O) groups excluding carboxylic acids is 1. The van der Waals surface area contributed by atoms with Crippen molar-refractivity contribution >= 4 is 6.03 Å². The highest BCUT2D eigenvalue weighted by atomic mass is 16.2. The number of amides is 2. The van der Waals surface area contributed by atoms with Gasteiger partial charge < -0.3 is 15.1 Å². The van der Waals surface area contributed by atoms with Crippen LogP contribution in [0.1, 0.15) is 31.9 Å². The van der Waals surface area contributed by atoms with Gasteiger partial charge in [0.15, 0.2) is 0 Å². The fourth-order valence-corrected chi connectivity index (χ4v) is 2.70. The largest absolute Gasteiger partial charge is 0.325 e. The van der Waals surface area contributed by atoms with Crippen molar-refractivity contribution in [1.29, 1.82) is 0 Å². The normalized spacial score (nSPS) is 19.5. The molecule has 1 heterocycles. The Morgan fingerprint density at radius 3 is 2.65 bits per heavy atom. The third kappa shape index (κ3) is 3.51. The second-order valence-corrected chi connectivity index (χ2v) is 5.17. The minimum atomic E-state index is 0.166. The molecule has 4 heteroatoms. The number of rotatable bonds is 3. The molecule has 20 heavy (non-hydrogen) atoms. The van der Waals surface area contributed by atoms with Gasteiger partial charge >= 0.3 is 6.03 Å². The van der Waals surface area contributed by atoms with Crippen LogP contribution in [0, 0.1) is 0 Å². The molecule has 0 radical (unpaired) electrons. The van der Waals surface area contributed by atoms with Crippen LogP contribution < -0.4 is 5.32 Å². The van der Waals surface area contributed by atoms with Crippen LogP contribution in [-0.2, 0) is 0 Å². The molecule has 1 unspecified atom stereocenters. The predicted molar refractivity (Wildman–Crippen MR) is 81.7 cm³/mol. The van der Waals surface area contributed by atoms with Crippen LogP contribution in [-0.4, -0.2) is 48.6 Å². The molecule has 1 fully saturated rings. The number of benzene rings is 1. The van der Waals surface area contributed by atoms with Gasteiger partial charge in [-0.05, 0) is 32.4 Å². The fraction of sp³-hybridized carbons (Fsp3) is 0.562. The highest BCUT2D eigenvalue weighted by molar-refractivity contribution is 5.74. The van der Waals surface area contributed by atoms with Gasteiger partial charge in [0.1, 0.15) is 0 Å². The van der Waals surface area contributed by atoms with Gasteiger partial charge in [-0.1, -0.05) is 30.3 Å². The molecule has 1 aromatic carbocycles. The Balaban J connectivity index is 2.09. The number of hydrogen-bond donors (Lipinski definition) is 1. The zero-order valence-electron chi connectivity index (χ0n) is 12.5. The van der Waals surface area contributed by atoms with Crippen LogP contribution in [0.2, 0.25) is 0 Å². The minimum Gasteiger partial charge on any atom is -0.325 e. The molecule has 1 saturated heterocycles. The molecule has 0 saturated carbocycles. The minimum absolute atomic E-state index is 0.166. The molecule has 0 aliphatic carbocycles. The van der Waals surface area contributed by atoms with Gasteiger partial charge in [0.2, 0.25) is 0 Å². The van der Waals surface area contributed by atoms with Crippen LogP contribution in [0.3, 0.4) is 0 Å². The van der Waals surface area contributed by atoms with Crippen molar-refractivity contribution in [2.24, 2.45) is 0 Å². The van der Waals surface area contributed by atoms with Crippen LogP contribution in [0.5, 0.6) is 0 Å². The zero-order chi connectivity index (χ0) is 14.4. The lowest BCUT2D eigenvalue weighted by molar-refractivity contribution is 0.156. The lowest BCUT2D eigenvalue weighted by Gasteiger charge is -2.30. The summed E-state index contributed by atoms with van der Waals surface area (Å²) in [5.74, 6) is 0. The first-order valence-electron chi connectivity index (χ1n) is 7.58. The molecule has 1 N–H and O–H groups in total. The van der Waals surface area contributed by atoms with E-state index in [-0.39, 0.29) is 12.1 Å². The van der Waals surface area contributed by atoms with Crippen molar-refractivity contribution in [2.45, 2.75) is 26.3 Å².